The molecule has 0 aromatic heterocycles. The van der Waals surface area contributed by atoms with Crippen LogP contribution >= 0.6 is 11.8 Å². The fraction of sp³-hybridized carbons (Fsp3) is 0.462. The normalized spacial score (nSPS) is 10.2. The zero-order chi connectivity index (χ0) is 12.5. The molecule has 1 aromatic rings. The number of nitrogens with zero attached hydrogens (tertiary/aromatic N) is 1. The molecule has 1 aromatic carbocycles. The van der Waals surface area contributed by atoms with E-state index in [2.05, 4.69) is 0 Å². The summed E-state index contributed by atoms with van der Waals surface area (Å²) in [4.78, 5) is 13.8. The van der Waals surface area contributed by atoms with Gasteiger partial charge in [0, 0.05) is 12.2 Å². The van der Waals surface area contributed by atoms with E-state index < -0.39 is 0 Å². The lowest BCUT2D eigenvalue weighted by atomic mass is 10.3. The number of para-hydroxylation sites is 1. The van der Waals surface area contributed by atoms with Crippen LogP contribution in [-0.4, -0.2) is 30.5 Å². The number of benzene rings is 1. The van der Waals surface area contributed by atoms with Gasteiger partial charge in [0.15, 0.2) is 0 Å². The molecule has 17 heavy (non-hydrogen) atoms. The molecular formula is C13H20N2OS. The monoisotopic (exact) mass is 252 g/mol. The number of thioether (sulfide) groups is 1. The molecule has 3 nitrogen and oxygen atoms in total. The van der Waals surface area contributed by atoms with Gasteiger partial charge in [0.2, 0.25) is 5.91 Å². The van der Waals surface area contributed by atoms with Gasteiger partial charge in [0.05, 0.1) is 5.75 Å². The van der Waals surface area contributed by atoms with E-state index in [4.69, 9.17) is 5.73 Å². The average Bonchev–Trinajstić information content (AvgIpc) is 2.37. The van der Waals surface area contributed by atoms with Crippen LogP contribution in [-0.2, 0) is 4.79 Å². The van der Waals surface area contributed by atoms with Crippen molar-refractivity contribution < 1.29 is 4.79 Å². The quantitative estimate of drug-likeness (QED) is 0.756. The number of rotatable bonds is 7. The first-order valence-corrected chi connectivity index (χ1v) is 7.08. The van der Waals surface area contributed by atoms with Gasteiger partial charge in [-0.2, -0.15) is 11.8 Å². The molecule has 0 aliphatic carbocycles. The molecular weight excluding hydrogens is 232 g/mol. The van der Waals surface area contributed by atoms with Gasteiger partial charge < -0.3 is 10.6 Å². The summed E-state index contributed by atoms with van der Waals surface area (Å²) in [6, 6.07) is 9.79. The Balaban J connectivity index is 2.48. The van der Waals surface area contributed by atoms with Gasteiger partial charge in [-0.1, -0.05) is 18.2 Å². The van der Waals surface area contributed by atoms with Crippen molar-refractivity contribution in [3.8, 4) is 0 Å². The molecule has 0 bridgehead atoms. The first kappa shape index (κ1) is 14.1. The van der Waals surface area contributed by atoms with E-state index in [1.807, 2.05) is 42.2 Å². The van der Waals surface area contributed by atoms with Gasteiger partial charge in [-0.25, -0.2) is 0 Å². The Bertz CT molecular complexity index is 329. The van der Waals surface area contributed by atoms with Crippen LogP contribution in [0.1, 0.15) is 13.3 Å². The van der Waals surface area contributed by atoms with Gasteiger partial charge in [-0.15, -0.1) is 0 Å². The highest BCUT2D eigenvalue weighted by molar-refractivity contribution is 7.99. The van der Waals surface area contributed by atoms with Crippen LogP contribution in [0.25, 0.3) is 0 Å². The van der Waals surface area contributed by atoms with Crippen LogP contribution in [0.15, 0.2) is 30.3 Å². The topological polar surface area (TPSA) is 46.3 Å². The van der Waals surface area contributed by atoms with Gasteiger partial charge in [0.1, 0.15) is 0 Å². The van der Waals surface area contributed by atoms with Crippen molar-refractivity contribution in [1.29, 1.82) is 0 Å². The van der Waals surface area contributed by atoms with E-state index in [9.17, 15) is 4.79 Å². The summed E-state index contributed by atoms with van der Waals surface area (Å²) in [5.74, 6) is 1.65. The van der Waals surface area contributed by atoms with Crippen LogP contribution < -0.4 is 10.6 Å². The van der Waals surface area contributed by atoms with Crippen molar-refractivity contribution in [3.63, 3.8) is 0 Å². The summed E-state index contributed by atoms with van der Waals surface area (Å²) >= 11 is 1.65. The molecule has 0 fully saturated rings. The van der Waals surface area contributed by atoms with Crippen LogP contribution in [0.4, 0.5) is 5.69 Å². The van der Waals surface area contributed by atoms with E-state index >= 15 is 0 Å². The molecule has 0 saturated carbocycles. The smallest absolute Gasteiger partial charge is 0.236 e. The van der Waals surface area contributed by atoms with Crippen molar-refractivity contribution in [1.82, 2.24) is 0 Å². The van der Waals surface area contributed by atoms with E-state index in [1.165, 1.54) is 0 Å². The van der Waals surface area contributed by atoms with Crippen molar-refractivity contribution in [3.05, 3.63) is 30.3 Å². The second kappa shape index (κ2) is 8.14. The molecule has 2 N–H and O–H groups in total. The number of carbonyl (C=O) groups is 1. The molecule has 0 spiro atoms. The zero-order valence-corrected chi connectivity index (χ0v) is 11.1. The average molecular weight is 252 g/mol. The molecule has 0 unspecified atom stereocenters. The second-order valence-electron chi connectivity index (χ2n) is 3.67. The second-order valence-corrected chi connectivity index (χ2v) is 4.77. The number of nitrogens with two attached hydrogens (primary N) is 1. The number of hydrogen-bond donors (Lipinski definition) is 1. The summed E-state index contributed by atoms with van der Waals surface area (Å²) in [6.45, 7) is 3.40. The number of amides is 1. The Morgan fingerprint density at radius 3 is 2.65 bits per heavy atom. The highest BCUT2D eigenvalue weighted by Gasteiger charge is 2.12. The fourth-order valence-corrected chi connectivity index (χ4v) is 2.38. The summed E-state index contributed by atoms with van der Waals surface area (Å²) < 4.78 is 0. The predicted octanol–water partition coefficient (Wildman–Crippen LogP) is 2.12. The summed E-state index contributed by atoms with van der Waals surface area (Å²) in [5.41, 5.74) is 6.39. The highest BCUT2D eigenvalue weighted by Crippen LogP contribution is 2.15. The van der Waals surface area contributed by atoms with Crippen LogP contribution in [0, 0.1) is 0 Å². The first-order chi connectivity index (χ1) is 8.29. The lowest BCUT2D eigenvalue weighted by Gasteiger charge is -2.20. The van der Waals surface area contributed by atoms with Gasteiger partial charge in [-0.3, -0.25) is 4.79 Å². The molecule has 4 heteroatoms. The fourth-order valence-electron chi connectivity index (χ4n) is 1.53. The number of carbonyl (C=O) groups excluding carboxylic acids is 1. The summed E-state index contributed by atoms with van der Waals surface area (Å²) in [5, 5.41) is 0. The molecule has 1 rings (SSSR count). The van der Waals surface area contributed by atoms with E-state index in [-0.39, 0.29) is 5.91 Å². The van der Waals surface area contributed by atoms with Gasteiger partial charge >= 0.3 is 0 Å². The Hall–Kier alpha value is -1.00. The largest absolute Gasteiger partial charge is 0.330 e. The maximum absolute atomic E-state index is 12.0. The molecule has 0 radical (unpaired) electrons. The first-order valence-electron chi connectivity index (χ1n) is 5.92. The number of anilines is 1. The van der Waals surface area contributed by atoms with Crippen LogP contribution in [0.3, 0.4) is 0 Å². The van der Waals surface area contributed by atoms with Crippen molar-refractivity contribution in [2.24, 2.45) is 5.73 Å². The highest BCUT2D eigenvalue weighted by atomic mass is 32.2. The van der Waals surface area contributed by atoms with Gasteiger partial charge in [-0.05, 0) is 37.8 Å². The number of hydrogen-bond acceptors (Lipinski definition) is 3. The Labute approximate surface area is 107 Å². The molecule has 0 aliphatic rings. The predicted molar refractivity (Wildman–Crippen MR) is 75.5 cm³/mol. The third kappa shape index (κ3) is 4.79. The Morgan fingerprint density at radius 1 is 1.35 bits per heavy atom. The lowest BCUT2D eigenvalue weighted by Crippen LogP contribution is -2.32. The van der Waals surface area contributed by atoms with Crippen LogP contribution in [0.5, 0.6) is 0 Å². The Morgan fingerprint density at radius 2 is 2.06 bits per heavy atom. The Kier molecular flexibility index (Phi) is 6.74. The molecule has 0 aliphatic heterocycles. The minimum atomic E-state index is 0.167. The van der Waals surface area contributed by atoms with Crippen molar-refractivity contribution in [2.45, 2.75) is 13.3 Å². The van der Waals surface area contributed by atoms with Crippen molar-refractivity contribution in [2.75, 3.05) is 29.5 Å². The standard InChI is InChI=1S/C13H20N2OS/c1-2-15(12-7-4-3-5-8-12)13(16)11-17-10-6-9-14/h3-5,7-8H,2,6,9-11,14H2,1H3. The zero-order valence-electron chi connectivity index (χ0n) is 10.3. The minimum Gasteiger partial charge on any atom is -0.330 e. The lowest BCUT2D eigenvalue weighted by molar-refractivity contribution is -0.116. The summed E-state index contributed by atoms with van der Waals surface area (Å²) in [7, 11) is 0. The molecule has 1 amide bonds. The molecule has 0 heterocycles. The maximum Gasteiger partial charge on any atom is 0.236 e. The molecule has 94 valence electrons. The van der Waals surface area contributed by atoms with Crippen molar-refractivity contribution >= 4 is 23.4 Å². The third-order valence-corrected chi connectivity index (χ3v) is 3.43. The third-order valence-electron chi connectivity index (χ3n) is 2.40. The molecule has 0 saturated heterocycles. The summed E-state index contributed by atoms with van der Waals surface area (Å²) in [6.07, 6.45) is 0.968. The SMILES string of the molecule is CCN(C(=O)CSCCCN)c1ccccc1. The van der Waals surface area contributed by atoms with Gasteiger partial charge in [0.25, 0.3) is 0 Å². The maximum atomic E-state index is 12.0. The van der Waals surface area contributed by atoms with Crippen LogP contribution in [0.2, 0.25) is 0 Å². The van der Waals surface area contributed by atoms with E-state index in [0.29, 0.717) is 18.8 Å². The molecule has 0 atom stereocenters. The van der Waals surface area contributed by atoms with E-state index in [1.54, 1.807) is 11.8 Å². The van der Waals surface area contributed by atoms with E-state index in [0.717, 1.165) is 17.9 Å². The minimum absolute atomic E-state index is 0.167.